The van der Waals surface area contributed by atoms with Crippen LogP contribution in [0.25, 0.3) is 0 Å². The maximum Gasteiger partial charge on any atom is 0.225 e. The van der Waals surface area contributed by atoms with Crippen molar-refractivity contribution >= 4 is 11.6 Å². The average molecular weight is 445 g/mol. The molecule has 2 atom stereocenters. The molecular formula is C24H23F4N3O. The quantitative estimate of drug-likeness (QED) is 0.475. The van der Waals surface area contributed by atoms with Crippen LogP contribution >= 0.6 is 0 Å². The zero-order valence-electron chi connectivity index (χ0n) is 17.4. The second kappa shape index (κ2) is 10.4. The first-order valence-corrected chi connectivity index (χ1v) is 10.1. The van der Waals surface area contributed by atoms with Gasteiger partial charge in [0, 0.05) is 30.0 Å². The number of anilines is 1. The van der Waals surface area contributed by atoms with Gasteiger partial charge in [0.25, 0.3) is 0 Å². The number of amides is 1. The number of nitrogens with one attached hydrogen (secondary N) is 1. The van der Waals surface area contributed by atoms with Gasteiger partial charge in [-0.05, 0) is 55.2 Å². The minimum absolute atomic E-state index is 0.156. The molecule has 3 rings (SSSR count). The molecule has 1 heterocycles. The van der Waals surface area contributed by atoms with E-state index in [4.69, 9.17) is 5.73 Å². The Bertz CT molecular complexity index is 1070. The van der Waals surface area contributed by atoms with E-state index in [1.807, 2.05) is 0 Å². The summed E-state index contributed by atoms with van der Waals surface area (Å²) in [5.74, 6) is -3.90. The minimum Gasteiger partial charge on any atom is -0.328 e. The minimum atomic E-state index is -0.792. The van der Waals surface area contributed by atoms with Gasteiger partial charge < -0.3 is 11.1 Å². The number of nitrogens with two attached hydrogens (primary N) is 1. The van der Waals surface area contributed by atoms with Crippen LogP contribution in [0.2, 0.25) is 0 Å². The van der Waals surface area contributed by atoms with Crippen LogP contribution in [0.15, 0.2) is 54.9 Å². The molecule has 1 aromatic heterocycles. The highest BCUT2D eigenvalue weighted by Gasteiger charge is 2.21. The second-order valence-corrected chi connectivity index (χ2v) is 7.72. The standard InChI is InChI=1S/C24H23F4N3O/c1-14(29)2-7-20-22(28)12-30-13-23(20)31-24(32)11-21(15-3-5-17(25)6-4-15)16-8-18(26)10-19(27)9-16/h3-6,8-10,12-14,21H,2,7,11,29H2,1H3,(H,31,32)/t14-,21+/m1/s1. The number of aromatic nitrogens is 1. The highest BCUT2D eigenvalue weighted by molar-refractivity contribution is 5.92. The first kappa shape index (κ1) is 23.4. The van der Waals surface area contributed by atoms with Gasteiger partial charge in [0.1, 0.15) is 23.3 Å². The lowest BCUT2D eigenvalue weighted by atomic mass is 9.88. The highest BCUT2D eigenvalue weighted by atomic mass is 19.1. The van der Waals surface area contributed by atoms with Crippen molar-refractivity contribution in [2.24, 2.45) is 5.73 Å². The third-order valence-corrected chi connectivity index (χ3v) is 5.08. The maximum absolute atomic E-state index is 14.3. The smallest absolute Gasteiger partial charge is 0.225 e. The third-order valence-electron chi connectivity index (χ3n) is 5.08. The average Bonchev–Trinajstić information content (AvgIpc) is 2.71. The summed E-state index contributed by atoms with van der Waals surface area (Å²) in [4.78, 5) is 16.7. The Morgan fingerprint density at radius 1 is 0.969 bits per heavy atom. The summed E-state index contributed by atoms with van der Waals surface area (Å²) < 4.78 is 55.4. The number of halogens is 4. The van der Waals surface area contributed by atoms with Gasteiger partial charge in [-0.3, -0.25) is 9.78 Å². The summed E-state index contributed by atoms with van der Waals surface area (Å²) in [6, 6.07) is 8.15. The Kier molecular flexibility index (Phi) is 7.58. The zero-order chi connectivity index (χ0) is 23.3. The van der Waals surface area contributed by atoms with Gasteiger partial charge in [-0.15, -0.1) is 0 Å². The molecule has 0 saturated heterocycles. The molecule has 0 radical (unpaired) electrons. The van der Waals surface area contributed by atoms with E-state index in [9.17, 15) is 22.4 Å². The van der Waals surface area contributed by atoms with Crippen LogP contribution in [0, 0.1) is 23.3 Å². The molecule has 0 saturated carbocycles. The molecule has 2 aromatic carbocycles. The fraction of sp³-hybridized carbons (Fsp3) is 0.250. The fourth-order valence-corrected chi connectivity index (χ4v) is 3.48. The molecule has 3 aromatic rings. The molecule has 8 heteroatoms. The van der Waals surface area contributed by atoms with Crippen molar-refractivity contribution in [1.29, 1.82) is 0 Å². The van der Waals surface area contributed by atoms with Gasteiger partial charge in [0.05, 0.1) is 18.1 Å². The SMILES string of the molecule is C[C@@H](N)CCc1c(F)cncc1NC(=O)C[C@@H](c1ccc(F)cc1)c1cc(F)cc(F)c1. The van der Waals surface area contributed by atoms with Crippen molar-refractivity contribution in [2.45, 2.75) is 38.1 Å². The first-order valence-electron chi connectivity index (χ1n) is 10.1. The first-order chi connectivity index (χ1) is 15.2. The lowest BCUT2D eigenvalue weighted by molar-refractivity contribution is -0.116. The van der Waals surface area contributed by atoms with Crippen LogP contribution in [0.3, 0.4) is 0 Å². The summed E-state index contributed by atoms with van der Waals surface area (Å²) in [7, 11) is 0. The monoisotopic (exact) mass is 445 g/mol. The largest absolute Gasteiger partial charge is 0.328 e. The van der Waals surface area contributed by atoms with Gasteiger partial charge in [-0.2, -0.15) is 0 Å². The molecule has 0 unspecified atom stereocenters. The van der Waals surface area contributed by atoms with Gasteiger partial charge in [-0.1, -0.05) is 12.1 Å². The number of hydrogen-bond acceptors (Lipinski definition) is 3. The molecule has 168 valence electrons. The van der Waals surface area contributed by atoms with Crippen molar-refractivity contribution < 1.29 is 22.4 Å². The molecular weight excluding hydrogens is 422 g/mol. The lowest BCUT2D eigenvalue weighted by Crippen LogP contribution is -2.19. The molecule has 0 aliphatic carbocycles. The van der Waals surface area contributed by atoms with Crippen molar-refractivity contribution in [2.75, 3.05) is 5.32 Å². The predicted octanol–water partition coefficient (Wildman–Crippen LogP) is 5.08. The number of carbonyl (C=O) groups is 1. The van der Waals surface area contributed by atoms with E-state index in [0.29, 0.717) is 18.4 Å². The number of nitrogens with zero attached hydrogens (tertiary/aromatic N) is 1. The van der Waals surface area contributed by atoms with Crippen molar-refractivity contribution in [3.8, 4) is 0 Å². The Labute approximate surface area is 183 Å². The van der Waals surface area contributed by atoms with E-state index >= 15 is 0 Å². The normalized spacial score (nSPS) is 12.9. The second-order valence-electron chi connectivity index (χ2n) is 7.72. The Hall–Kier alpha value is -3.26. The number of carbonyl (C=O) groups excluding carboxylic acids is 1. The van der Waals surface area contributed by atoms with Gasteiger partial charge >= 0.3 is 0 Å². The Morgan fingerprint density at radius 2 is 1.62 bits per heavy atom. The summed E-state index contributed by atoms with van der Waals surface area (Å²) in [5, 5.41) is 2.64. The van der Waals surface area contributed by atoms with Crippen molar-refractivity contribution in [1.82, 2.24) is 4.98 Å². The summed E-state index contributed by atoms with van der Waals surface area (Å²) >= 11 is 0. The summed E-state index contributed by atoms with van der Waals surface area (Å²) in [6.07, 6.45) is 3.00. The molecule has 3 N–H and O–H groups in total. The van der Waals surface area contributed by atoms with Crippen molar-refractivity contribution in [3.63, 3.8) is 0 Å². The molecule has 4 nitrogen and oxygen atoms in total. The van der Waals surface area contributed by atoms with Gasteiger partial charge in [0.15, 0.2) is 0 Å². The molecule has 0 spiro atoms. The molecule has 0 fully saturated rings. The zero-order valence-corrected chi connectivity index (χ0v) is 17.4. The molecule has 1 amide bonds. The van der Waals surface area contributed by atoms with Crippen LogP contribution in [0.4, 0.5) is 23.2 Å². The number of rotatable bonds is 8. The predicted molar refractivity (Wildman–Crippen MR) is 114 cm³/mol. The van der Waals surface area contributed by atoms with E-state index in [1.54, 1.807) is 6.92 Å². The number of benzene rings is 2. The van der Waals surface area contributed by atoms with E-state index in [0.717, 1.165) is 24.4 Å². The van der Waals surface area contributed by atoms with E-state index < -0.39 is 35.1 Å². The summed E-state index contributed by atoms with van der Waals surface area (Å²) in [5.41, 5.74) is 6.97. The van der Waals surface area contributed by atoms with Crippen LogP contribution in [-0.2, 0) is 11.2 Å². The topological polar surface area (TPSA) is 68.0 Å². The molecule has 32 heavy (non-hydrogen) atoms. The van der Waals surface area contributed by atoms with Crippen LogP contribution in [0.1, 0.15) is 42.4 Å². The van der Waals surface area contributed by atoms with Gasteiger partial charge in [-0.25, -0.2) is 17.6 Å². The molecule has 0 aliphatic heterocycles. The third kappa shape index (κ3) is 6.13. The van der Waals surface area contributed by atoms with Crippen LogP contribution in [-0.4, -0.2) is 16.9 Å². The fourth-order valence-electron chi connectivity index (χ4n) is 3.48. The number of pyridine rings is 1. The van der Waals surface area contributed by atoms with Crippen LogP contribution < -0.4 is 11.1 Å². The summed E-state index contributed by atoms with van der Waals surface area (Å²) in [6.45, 7) is 1.79. The highest BCUT2D eigenvalue weighted by Crippen LogP contribution is 2.30. The van der Waals surface area contributed by atoms with Crippen molar-refractivity contribution in [3.05, 3.63) is 94.8 Å². The van der Waals surface area contributed by atoms with E-state index in [1.165, 1.54) is 30.5 Å². The Morgan fingerprint density at radius 3 is 2.25 bits per heavy atom. The van der Waals surface area contributed by atoms with Crippen LogP contribution in [0.5, 0.6) is 0 Å². The van der Waals surface area contributed by atoms with E-state index in [-0.39, 0.29) is 29.3 Å². The van der Waals surface area contributed by atoms with E-state index in [2.05, 4.69) is 10.3 Å². The molecule has 0 bridgehead atoms. The maximum atomic E-state index is 14.3. The Balaban J connectivity index is 1.88. The van der Waals surface area contributed by atoms with Gasteiger partial charge in [0.2, 0.25) is 5.91 Å². The lowest BCUT2D eigenvalue weighted by Gasteiger charge is -2.19. The number of hydrogen-bond donors (Lipinski definition) is 2. The molecule has 0 aliphatic rings.